The number of carbonyl (C=O) groups excluding carboxylic acids is 2. The standard InChI is InChI=1S/C15H22N4O4S.ClH/c16-6-1-2-7-18-15(21)12-4-3-5-13(10-12)24(22,23)19-9-8-17-14(20)11-19;/h3-5,10H,1-2,6-9,11,16H2,(H,17,20)(H,18,21);1H. The van der Waals surface area contributed by atoms with Crippen LogP contribution < -0.4 is 16.4 Å². The highest BCUT2D eigenvalue weighted by molar-refractivity contribution is 7.89. The normalized spacial score (nSPS) is 15.2. The number of nitrogens with zero attached hydrogens (tertiary/aromatic N) is 1. The molecule has 2 amide bonds. The molecule has 0 aliphatic carbocycles. The predicted octanol–water partition coefficient (Wildman–Crippen LogP) is -0.302. The maximum Gasteiger partial charge on any atom is 0.251 e. The van der Waals surface area contributed by atoms with Crippen LogP contribution in [-0.2, 0) is 14.8 Å². The van der Waals surface area contributed by atoms with Gasteiger partial charge in [0, 0.05) is 25.2 Å². The van der Waals surface area contributed by atoms with Crippen molar-refractivity contribution in [2.24, 2.45) is 5.73 Å². The summed E-state index contributed by atoms with van der Waals surface area (Å²) in [5.41, 5.74) is 5.66. The third kappa shape index (κ3) is 5.67. The average Bonchev–Trinajstić information content (AvgIpc) is 2.58. The maximum atomic E-state index is 12.6. The number of nitrogens with one attached hydrogen (secondary N) is 2. The first kappa shape index (κ1) is 21.4. The van der Waals surface area contributed by atoms with Gasteiger partial charge in [-0.05, 0) is 37.6 Å². The van der Waals surface area contributed by atoms with Crippen molar-refractivity contribution in [1.29, 1.82) is 0 Å². The first-order valence-electron chi connectivity index (χ1n) is 7.80. The first-order valence-corrected chi connectivity index (χ1v) is 9.24. The minimum Gasteiger partial charge on any atom is -0.354 e. The summed E-state index contributed by atoms with van der Waals surface area (Å²) >= 11 is 0. The Bertz CT molecular complexity index is 711. The van der Waals surface area contributed by atoms with Gasteiger partial charge < -0.3 is 16.4 Å². The quantitative estimate of drug-likeness (QED) is 0.552. The molecule has 4 N–H and O–H groups in total. The van der Waals surface area contributed by atoms with E-state index in [0.29, 0.717) is 13.1 Å². The summed E-state index contributed by atoms with van der Waals surface area (Å²) in [7, 11) is -3.80. The molecule has 2 rings (SSSR count). The maximum absolute atomic E-state index is 12.6. The second kappa shape index (κ2) is 9.71. The number of nitrogens with two attached hydrogens (primary N) is 1. The lowest BCUT2D eigenvalue weighted by Gasteiger charge is -2.26. The van der Waals surface area contributed by atoms with E-state index in [0.717, 1.165) is 17.1 Å². The molecule has 0 saturated carbocycles. The van der Waals surface area contributed by atoms with Crippen LogP contribution in [-0.4, -0.2) is 57.3 Å². The van der Waals surface area contributed by atoms with Gasteiger partial charge in [0.05, 0.1) is 11.4 Å². The Morgan fingerprint density at radius 3 is 2.76 bits per heavy atom. The molecule has 140 valence electrons. The lowest BCUT2D eigenvalue weighted by atomic mass is 10.2. The zero-order valence-corrected chi connectivity index (χ0v) is 15.4. The van der Waals surface area contributed by atoms with E-state index in [-0.39, 0.29) is 54.3 Å². The molecule has 1 aromatic carbocycles. The molecular weight excluding hydrogens is 368 g/mol. The number of amides is 2. The predicted molar refractivity (Wildman–Crippen MR) is 96.1 cm³/mol. The van der Waals surface area contributed by atoms with Gasteiger partial charge in [-0.1, -0.05) is 6.07 Å². The van der Waals surface area contributed by atoms with Crippen molar-refractivity contribution in [2.45, 2.75) is 17.7 Å². The third-order valence-electron chi connectivity index (χ3n) is 3.65. The summed E-state index contributed by atoms with van der Waals surface area (Å²) in [5, 5.41) is 5.31. The van der Waals surface area contributed by atoms with Gasteiger partial charge in [0.2, 0.25) is 15.9 Å². The van der Waals surface area contributed by atoms with E-state index in [2.05, 4.69) is 10.6 Å². The molecule has 1 heterocycles. The number of hydrogen-bond acceptors (Lipinski definition) is 5. The second-order valence-electron chi connectivity index (χ2n) is 5.47. The van der Waals surface area contributed by atoms with Gasteiger partial charge in [0.25, 0.3) is 5.91 Å². The van der Waals surface area contributed by atoms with Crippen LogP contribution in [0.2, 0.25) is 0 Å². The van der Waals surface area contributed by atoms with Crippen LogP contribution in [0.25, 0.3) is 0 Å². The number of unbranched alkanes of at least 4 members (excludes halogenated alkanes) is 1. The van der Waals surface area contributed by atoms with Crippen molar-refractivity contribution in [3.8, 4) is 0 Å². The molecular formula is C15H23ClN4O4S. The fourth-order valence-corrected chi connectivity index (χ4v) is 3.78. The van der Waals surface area contributed by atoms with E-state index in [1.54, 1.807) is 6.07 Å². The minimum atomic E-state index is -3.80. The van der Waals surface area contributed by atoms with Crippen LogP contribution in [0.5, 0.6) is 0 Å². The molecule has 1 aliphatic rings. The Kier molecular flexibility index (Phi) is 8.30. The number of hydrogen-bond donors (Lipinski definition) is 3. The Morgan fingerprint density at radius 1 is 1.32 bits per heavy atom. The molecule has 8 nitrogen and oxygen atoms in total. The smallest absolute Gasteiger partial charge is 0.251 e. The van der Waals surface area contributed by atoms with Crippen LogP contribution in [0.15, 0.2) is 29.2 Å². The first-order chi connectivity index (χ1) is 11.4. The highest BCUT2D eigenvalue weighted by atomic mass is 35.5. The van der Waals surface area contributed by atoms with Gasteiger partial charge in [0.1, 0.15) is 0 Å². The molecule has 0 radical (unpaired) electrons. The molecule has 10 heteroatoms. The zero-order chi connectivity index (χ0) is 17.6. The summed E-state index contributed by atoms with van der Waals surface area (Å²) < 4.78 is 26.3. The van der Waals surface area contributed by atoms with Gasteiger partial charge in [-0.15, -0.1) is 12.4 Å². The van der Waals surface area contributed by atoms with Crippen molar-refractivity contribution in [3.63, 3.8) is 0 Å². The van der Waals surface area contributed by atoms with E-state index in [1.807, 2.05) is 0 Å². The number of sulfonamides is 1. The van der Waals surface area contributed by atoms with Gasteiger partial charge in [-0.3, -0.25) is 9.59 Å². The molecule has 0 spiro atoms. The molecule has 1 saturated heterocycles. The number of rotatable bonds is 7. The SMILES string of the molecule is Cl.NCCCCNC(=O)c1cccc(S(=O)(=O)N2CCNC(=O)C2)c1. The van der Waals surface area contributed by atoms with Crippen LogP contribution in [0.1, 0.15) is 23.2 Å². The Labute approximate surface area is 153 Å². The van der Waals surface area contributed by atoms with Crippen LogP contribution >= 0.6 is 12.4 Å². The Balaban J connectivity index is 0.00000312. The van der Waals surface area contributed by atoms with Crippen LogP contribution in [0.4, 0.5) is 0 Å². The van der Waals surface area contributed by atoms with E-state index >= 15 is 0 Å². The monoisotopic (exact) mass is 390 g/mol. The molecule has 0 atom stereocenters. The summed E-state index contributed by atoms with van der Waals surface area (Å²) in [5.74, 6) is -0.668. The van der Waals surface area contributed by atoms with E-state index < -0.39 is 10.0 Å². The van der Waals surface area contributed by atoms with Gasteiger partial charge in [-0.25, -0.2) is 8.42 Å². The van der Waals surface area contributed by atoms with Crippen molar-refractivity contribution in [1.82, 2.24) is 14.9 Å². The molecule has 0 bridgehead atoms. The Hall–Kier alpha value is -1.68. The van der Waals surface area contributed by atoms with Crippen LogP contribution in [0, 0.1) is 0 Å². The van der Waals surface area contributed by atoms with Crippen molar-refractivity contribution in [2.75, 3.05) is 32.7 Å². The van der Waals surface area contributed by atoms with Crippen molar-refractivity contribution >= 4 is 34.2 Å². The lowest BCUT2D eigenvalue weighted by molar-refractivity contribution is -0.122. The second-order valence-corrected chi connectivity index (χ2v) is 7.41. The summed E-state index contributed by atoms with van der Waals surface area (Å²) in [6, 6.07) is 5.83. The van der Waals surface area contributed by atoms with Gasteiger partial charge >= 0.3 is 0 Å². The summed E-state index contributed by atoms with van der Waals surface area (Å²) in [6.45, 7) is 1.33. The topological polar surface area (TPSA) is 122 Å². The van der Waals surface area contributed by atoms with Crippen molar-refractivity contribution in [3.05, 3.63) is 29.8 Å². The highest BCUT2D eigenvalue weighted by Gasteiger charge is 2.29. The molecule has 1 fully saturated rings. The molecule has 1 aromatic rings. The Morgan fingerprint density at radius 2 is 2.08 bits per heavy atom. The molecule has 0 aromatic heterocycles. The number of piperazine rings is 1. The summed E-state index contributed by atoms with van der Waals surface area (Å²) in [4.78, 5) is 23.5. The fraction of sp³-hybridized carbons (Fsp3) is 0.467. The van der Waals surface area contributed by atoms with E-state index in [1.165, 1.54) is 18.2 Å². The summed E-state index contributed by atoms with van der Waals surface area (Å²) in [6.07, 6.45) is 1.58. The third-order valence-corrected chi connectivity index (χ3v) is 5.49. The highest BCUT2D eigenvalue weighted by Crippen LogP contribution is 2.17. The van der Waals surface area contributed by atoms with Gasteiger partial charge in [0.15, 0.2) is 0 Å². The molecule has 1 aliphatic heterocycles. The van der Waals surface area contributed by atoms with E-state index in [4.69, 9.17) is 5.73 Å². The molecule has 0 unspecified atom stereocenters. The minimum absolute atomic E-state index is 0. The average molecular weight is 391 g/mol. The van der Waals surface area contributed by atoms with E-state index in [9.17, 15) is 18.0 Å². The van der Waals surface area contributed by atoms with Crippen molar-refractivity contribution < 1.29 is 18.0 Å². The zero-order valence-electron chi connectivity index (χ0n) is 13.7. The fourth-order valence-electron chi connectivity index (χ4n) is 2.34. The number of halogens is 1. The van der Waals surface area contributed by atoms with Crippen LogP contribution in [0.3, 0.4) is 0 Å². The number of benzene rings is 1. The van der Waals surface area contributed by atoms with Gasteiger partial charge in [-0.2, -0.15) is 4.31 Å². The number of carbonyl (C=O) groups is 2. The largest absolute Gasteiger partial charge is 0.354 e. The lowest BCUT2D eigenvalue weighted by Crippen LogP contribution is -2.49. The molecule has 25 heavy (non-hydrogen) atoms.